The van der Waals surface area contributed by atoms with Gasteiger partial charge in [0.25, 0.3) is 0 Å². The summed E-state index contributed by atoms with van der Waals surface area (Å²) >= 11 is 0. The Morgan fingerprint density at radius 1 is 1.31 bits per heavy atom. The number of hydrogen-bond acceptors (Lipinski definition) is 3. The number of hydrogen-bond donors (Lipinski definition) is 1. The SMILES string of the molecule is O=S1(=O)CC2(CC2)CNc2cccc(F)c21. The first-order valence-corrected chi connectivity index (χ1v) is 6.93. The number of nitrogens with one attached hydrogen (secondary N) is 1. The van der Waals surface area contributed by atoms with Crippen molar-refractivity contribution in [1.29, 1.82) is 0 Å². The molecule has 3 nitrogen and oxygen atoms in total. The summed E-state index contributed by atoms with van der Waals surface area (Å²) in [6.45, 7) is 0.628. The summed E-state index contributed by atoms with van der Waals surface area (Å²) in [5.74, 6) is -0.580. The summed E-state index contributed by atoms with van der Waals surface area (Å²) < 4.78 is 37.8. The number of fused-ring (bicyclic) bond motifs is 1. The van der Waals surface area contributed by atoms with Gasteiger partial charge in [-0.15, -0.1) is 0 Å². The Morgan fingerprint density at radius 2 is 2.06 bits per heavy atom. The van der Waals surface area contributed by atoms with Gasteiger partial charge in [0.15, 0.2) is 9.84 Å². The predicted molar refractivity (Wildman–Crippen MR) is 58.6 cm³/mol. The van der Waals surface area contributed by atoms with E-state index >= 15 is 0 Å². The third-order valence-corrected chi connectivity index (χ3v) is 5.41. The lowest BCUT2D eigenvalue weighted by atomic mass is 10.1. The molecule has 1 spiro atoms. The van der Waals surface area contributed by atoms with E-state index in [0.717, 1.165) is 12.8 Å². The van der Waals surface area contributed by atoms with Crippen molar-refractivity contribution in [3.63, 3.8) is 0 Å². The molecule has 16 heavy (non-hydrogen) atoms. The predicted octanol–water partition coefficient (Wildman–Crippen LogP) is 1.81. The van der Waals surface area contributed by atoms with Gasteiger partial charge in [-0.1, -0.05) is 6.07 Å². The molecular weight excluding hydrogens is 229 g/mol. The summed E-state index contributed by atoms with van der Waals surface area (Å²) in [6.07, 6.45) is 1.82. The Hall–Kier alpha value is -1.10. The van der Waals surface area contributed by atoms with Crippen molar-refractivity contribution in [2.24, 2.45) is 5.41 Å². The number of halogens is 1. The number of benzene rings is 1. The van der Waals surface area contributed by atoms with Crippen LogP contribution in [0.1, 0.15) is 12.8 Å². The first-order chi connectivity index (χ1) is 7.53. The lowest BCUT2D eigenvalue weighted by Gasteiger charge is -2.09. The van der Waals surface area contributed by atoms with Crippen LogP contribution >= 0.6 is 0 Å². The van der Waals surface area contributed by atoms with Crippen LogP contribution in [0.5, 0.6) is 0 Å². The zero-order chi connectivity index (χ0) is 11.4. The summed E-state index contributed by atoms with van der Waals surface area (Å²) in [6, 6.07) is 4.35. The highest BCUT2D eigenvalue weighted by molar-refractivity contribution is 7.91. The Labute approximate surface area is 93.6 Å². The fourth-order valence-corrected chi connectivity index (χ4v) is 4.45. The molecule has 1 N–H and O–H groups in total. The smallest absolute Gasteiger partial charge is 0.183 e. The highest BCUT2D eigenvalue weighted by Gasteiger charge is 2.48. The normalized spacial score (nSPS) is 24.3. The van der Waals surface area contributed by atoms with Gasteiger partial charge in [0.05, 0.1) is 11.4 Å². The zero-order valence-electron chi connectivity index (χ0n) is 8.66. The van der Waals surface area contributed by atoms with Crippen LogP contribution in [0.3, 0.4) is 0 Å². The van der Waals surface area contributed by atoms with Crippen LogP contribution in [-0.2, 0) is 9.84 Å². The molecule has 1 fully saturated rings. The number of anilines is 1. The lowest BCUT2D eigenvalue weighted by Crippen LogP contribution is -2.20. The van der Waals surface area contributed by atoms with Gasteiger partial charge in [-0.05, 0) is 25.0 Å². The molecule has 0 unspecified atom stereocenters. The zero-order valence-corrected chi connectivity index (χ0v) is 9.48. The monoisotopic (exact) mass is 241 g/mol. The fraction of sp³-hybridized carbons (Fsp3) is 0.455. The number of sulfone groups is 1. The molecule has 0 amide bonds. The van der Waals surface area contributed by atoms with Crippen molar-refractivity contribution in [2.75, 3.05) is 17.6 Å². The molecule has 1 aromatic carbocycles. The number of rotatable bonds is 0. The van der Waals surface area contributed by atoms with Crippen molar-refractivity contribution in [3.8, 4) is 0 Å². The Bertz CT molecular complexity index is 549. The van der Waals surface area contributed by atoms with E-state index < -0.39 is 15.7 Å². The lowest BCUT2D eigenvalue weighted by molar-refractivity contribution is 0.551. The van der Waals surface area contributed by atoms with Crippen LogP contribution in [-0.4, -0.2) is 20.7 Å². The minimum atomic E-state index is -3.49. The summed E-state index contributed by atoms with van der Waals surface area (Å²) in [4.78, 5) is -0.154. The Balaban J connectivity index is 2.20. The highest BCUT2D eigenvalue weighted by atomic mass is 32.2. The molecule has 1 saturated carbocycles. The molecule has 1 aromatic rings. The van der Waals surface area contributed by atoms with E-state index in [1.54, 1.807) is 6.07 Å². The molecule has 1 aliphatic carbocycles. The summed E-state index contributed by atoms with van der Waals surface area (Å²) in [5, 5.41) is 3.06. The van der Waals surface area contributed by atoms with Gasteiger partial charge >= 0.3 is 0 Å². The van der Waals surface area contributed by atoms with Gasteiger partial charge in [0.2, 0.25) is 0 Å². The maximum Gasteiger partial charge on any atom is 0.183 e. The van der Waals surface area contributed by atoms with Crippen LogP contribution in [0.15, 0.2) is 23.1 Å². The van der Waals surface area contributed by atoms with Crippen molar-refractivity contribution in [1.82, 2.24) is 0 Å². The topological polar surface area (TPSA) is 46.2 Å². The second-order valence-electron chi connectivity index (χ2n) is 4.73. The first-order valence-electron chi connectivity index (χ1n) is 5.28. The van der Waals surface area contributed by atoms with Gasteiger partial charge in [-0.25, -0.2) is 12.8 Å². The van der Waals surface area contributed by atoms with Gasteiger partial charge in [0.1, 0.15) is 10.7 Å². The van der Waals surface area contributed by atoms with Crippen molar-refractivity contribution < 1.29 is 12.8 Å². The Morgan fingerprint density at radius 3 is 2.75 bits per heavy atom. The molecule has 1 aliphatic heterocycles. The standard InChI is InChI=1S/C11H12FNO2S/c12-8-2-1-3-9-10(8)16(14,15)7-11(4-5-11)6-13-9/h1-3,13H,4-7H2. The minimum absolute atomic E-state index is 0.0704. The second kappa shape index (κ2) is 2.97. The third kappa shape index (κ3) is 1.42. The van der Waals surface area contributed by atoms with Crippen LogP contribution in [0.2, 0.25) is 0 Å². The van der Waals surface area contributed by atoms with Crippen molar-refractivity contribution in [2.45, 2.75) is 17.7 Å². The molecular formula is C11H12FNO2S. The van der Waals surface area contributed by atoms with E-state index in [0.29, 0.717) is 12.2 Å². The van der Waals surface area contributed by atoms with E-state index in [2.05, 4.69) is 5.32 Å². The summed E-state index contributed by atoms with van der Waals surface area (Å²) in [5.41, 5.74) is 0.258. The first kappa shape index (κ1) is 10.1. The van der Waals surface area contributed by atoms with E-state index in [-0.39, 0.29) is 16.1 Å². The summed E-state index contributed by atoms with van der Waals surface area (Å²) in [7, 11) is -3.49. The third-order valence-electron chi connectivity index (χ3n) is 3.39. The molecule has 5 heteroatoms. The van der Waals surface area contributed by atoms with Crippen LogP contribution < -0.4 is 5.32 Å². The average molecular weight is 241 g/mol. The second-order valence-corrected chi connectivity index (χ2v) is 6.66. The van der Waals surface area contributed by atoms with Crippen molar-refractivity contribution in [3.05, 3.63) is 24.0 Å². The maximum atomic E-state index is 13.6. The van der Waals surface area contributed by atoms with Gasteiger partial charge in [-0.3, -0.25) is 0 Å². The van der Waals surface area contributed by atoms with E-state index in [1.165, 1.54) is 12.1 Å². The van der Waals surface area contributed by atoms with E-state index in [1.807, 2.05) is 0 Å². The van der Waals surface area contributed by atoms with Crippen LogP contribution in [0.4, 0.5) is 10.1 Å². The highest BCUT2D eigenvalue weighted by Crippen LogP contribution is 2.50. The van der Waals surface area contributed by atoms with Gasteiger partial charge < -0.3 is 5.32 Å². The molecule has 0 radical (unpaired) electrons. The molecule has 2 aliphatic rings. The van der Waals surface area contributed by atoms with Gasteiger partial charge in [0, 0.05) is 12.0 Å². The largest absolute Gasteiger partial charge is 0.383 e. The molecule has 1 heterocycles. The van der Waals surface area contributed by atoms with Crippen LogP contribution in [0, 0.1) is 11.2 Å². The van der Waals surface area contributed by atoms with Gasteiger partial charge in [-0.2, -0.15) is 0 Å². The Kier molecular flexibility index (Phi) is 1.87. The molecule has 0 atom stereocenters. The van der Waals surface area contributed by atoms with E-state index in [4.69, 9.17) is 0 Å². The van der Waals surface area contributed by atoms with Crippen molar-refractivity contribution >= 4 is 15.5 Å². The van der Waals surface area contributed by atoms with Crippen LogP contribution in [0.25, 0.3) is 0 Å². The van der Waals surface area contributed by atoms with E-state index in [9.17, 15) is 12.8 Å². The molecule has 0 aromatic heterocycles. The molecule has 0 saturated heterocycles. The molecule has 0 bridgehead atoms. The molecule has 86 valence electrons. The fourth-order valence-electron chi connectivity index (χ4n) is 2.27. The maximum absolute atomic E-state index is 13.6. The molecule has 3 rings (SSSR count). The minimum Gasteiger partial charge on any atom is -0.383 e. The quantitative estimate of drug-likeness (QED) is 0.753. The average Bonchev–Trinajstić information content (AvgIpc) is 2.95.